The first kappa shape index (κ1) is 18.5. The van der Waals surface area contributed by atoms with Gasteiger partial charge in [-0.15, -0.1) is 0 Å². The first-order valence-corrected chi connectivity index (χ1v) is 9.56. The van der Waals surface area contributed by atoms with Crippen molar-refractivity contribution < 1.29 is 13.6 Å². The van der Waals surface area contributed by atoms with Gasteiger partial charge in [0.1, 0.15) is 17.4 Å². The van der Waals surface area contributed by atoms with Crippen molar-refractivity contribution in [3.8, 4) is 11.1 Å². The molecule has 1 unspecified atom stereocenters. The van der Waals surface area contributed by atoms with Gasteiger partial charge in [-0.3, -0.25) is 0 Å². The van der Waals surface area contributed by atoms with Crippen LogP contribution in [0, 0.1) is 5.82 Å². The number of urea groups is 1. The number of hydrogen-bond acceptors (Lipinski definition) is 3. The maximum absolute atomic E-state index is 14.1. The molecule has 1 aliphatic heterocycles. The Labute approximate surface area is 163 Å². The highest BCUT2D eigenvalue weighted by Crippen LogP contribution is 2.34. The predicted molar refractivity (Wildman–Crippen MR) is 106 cm³/mol. The van der Waals surface area contributed by atoms with Crippen LogP contribution in [0.1, 0.15) is 45.5 Å². The molecule has 1 saturated heterocycles. The third-order valence-electron chi connectivity index (χ3n) is 4.87. The van der Waals surface area contributed by atoms with E-state index in [0.717, 1.165) is 18.4 Å². The number of amides is 2. The highest BCUT2D eigenvalue weighted by Gasteiger charge is 2.34. The number of oxazole rings is 1. The van der Waals surface area contributed by atoms with Crippen LogP contribution in [0.25, 0.3) is 22.2 Å². The van der Waals surface area contributed by atoms with Gasteiger partial charge in [0.15, 0.2) is 5.58 Å². The van der Waals surface area contributed by atoms with Gasteiger partial charge in [0.2, 0.25) is 5.89 Å². The molecule has 1 aromatic heterocycles. The van der Waals surface area contributed by atoms with E-state index in [1.165, 1.54) is 6.07 Å². The third-order valence-corrected chi connectivity index (χ3v) is 4.87. The van der Waals surface area contributed by atoms with Crippen molar-refractivity contribution in [2.24, 2.45) is 0 Å². The Morgan fingerprint density at radius 3 is 2.79 bits per heavy atom. The maximum Gasteiger partial charge on any atom is 0.318 e. The molecule has 1 aliphatic rings. The van der Waals surface area contributed by atoms with Crippen molar-refractivity contribution in [3.05, 3.63) is 54.2 Å². The van der Waals surface area contributed by atoms with E-state index in [1.54, 1.807) is 23.1 Å². The zero-order chi connectivity index (χ0) is 19.9. The summed E-state index contributed by atoms with van der Waals surface area (Å²) in [5.41, 5.74) is 2.28. The zero-order valence-electron chi connectivity index (χ0n) is 16.3. The highest BCUT2D eigenvalue weighted by atomic mass is 19.1. The van der Waals surface area contributed by atoms with E-state index in [0.29, 0.717) is 29.1 Å². The molecule has 6 heteroatoms. The molecule has 0 saturated carbocycles. The van der Waals surface area contributed by atoms with E-state index in [9.17, 15) is 9.18 Å². The average molecular weight is 381 g/mol. The van der Waals surface area contributed by atoms with E-state index in [-0.39, 0.29) is 23.4 Å². The molecule has 5 nitrogen and oxygen atoms in total. The van der Waals surface area contributed by atoms with E-state index >= 15 is 0 Å². The number of likely N-dealkylation sites (tertiary alicyclic amines) is 1. The Hall–Kier alpha value is -2.89. The second-order valence-corrected chi connectivity index (χ2v) is 8.25. The van der Waals surface area contributed by atoms with Crippen LogP contribution in [-0.4, -0.2) is 28.0 Å². The molecule has 1 atom stereocenters. The molecule has 1 N–H and O–H groups in total. The van der Waals surface area contributed by atoms with Gasteiger partial charge in [0.05, 0.1) is 0 Å². The second kappa shape index (κ2) is 6.93. The van der Waals surface area contributed by atoms with Gasteiger partial charge >= 0.3 is 6.03 Å². The van der Waals surface area contributed by atoms with Gasteiger partial charge in [-0.2, -0.15) is 0 Å². The molecule has 2 heterocycles. The number of rotatable bonds is 2. The molecule has 0 aliphatic carbocycles. The average Bonchev–Trinajstić information content (AvgIpc) is 3.26. The van der Waals surface area contributed by atoms with Gasteiger partial charge in [-0.05, 0) is 57.4 Å². The number of halogens is 1. The van der Waals surface area contributed by atoms with E-state index in [2.05, 4.69) is 10.3 Å². The van der Waals surface area contributed by atoms with Crippen LogP contribution in [0.15, 0.2) is 46.9 Å². The van der Waals surface area contributed by atoms with Crippen molar-refractivity contribution in [3.63, 3.8) is 0 Å². The van der Waals surface area contributed by atoms with Crippen LogP contribution in [0.5, 0.6) is 0 Å². The summed E-state index contributed by atoms with van der Waals surface area (Å²) in [5.74, 6) is 0.258. The number of aromatic nitrogens is 1. The number of carbonyl (C=O) groups is 1. The molecular formula is C22H24FN3O2. The summed E-state index contributed by atoms with van der Waals surface area (Å²) in [4.78, 5) is 19.1. The fraction of sp³-hybridized carbons (Fsp3) is 0.364. The minimum Gasteiger partial charge on any atom is -0.438 e. The largest absolute Gasteiger partial charge is 0.438 e. The van der Waals surface area contributed by atoms with Crippen LogP contribution in [0.3, 0.4) is 0 Å². The fourth-order valence-corrected chi connectivity index (χ4v) is 3.61. The van der Waals surface area contributed by atoms with E-state index in [1.807, 2.05) is 39.0 Å². The predicted octanol–water partition coefficient (Wildman–Crippen LogP) is 5.28. The van der Waals surface area contributed by atoms with Gasteiger partial charge in [0.25, 0.3) is 0 Å². The molecule has 146 valence electrons. The lowest BCUT2D eigenvalue weighted by molar-refractivity contribution is 0.176. The molecule has 2 aromatic carbocycles. The number of hydrogen-bond donors (Lipinski definition) is 1. The van der Waals surface area contributed by atoms with Gasteiger partial charge in [-0.25, -0.2) is 14.2 Å². The summed E-state index contributed by atoms with van der Waals surface area (Å²) in [7, 11) is 0. The Morgan fingerprint density at radius 1 is 1.25 bits per heavy atom. The standard InChI is InChI=1S/C22H24FN3O2/c1-22(2,3)25-21(27)26-12-6-9-18(26)20-24-17-13-14(10-11-19(17)28-20)15-7-4-5-8-16(15)23/h4-5,7-8,10-11,13,18H,6,9,12H2,1-3H3,(H,25,27). The Kier molecular flexibility index (Phi) is 4.57. The van der Waals surface area contributed by atoms with Crippen LogP contribution in [0.4, 0.5) is 9.18 Å². The second-order valence-electron chi connectivity index (χ2n) is 8.25. The van der Waals surface area contributed by atoms with Crippen molar-refractivity contribution >= 4 is 17.1 Å². The van der Waals surface area contributed by atoms with Gasteiger partial charge in [0, 0.05) is 17.6 Å². The van der Waals surface area contributed by atoms with Crippen molar-refractivity contribution in [1.29, 1.82) is 0 Å². The van der Waals surface area contributed by atoms with Crippen LogP contribution in [-0.2, 0) is 0 Å². The molecule has 4 rings (SSSR count). The van der Waals surface area contributed by atoms with E-state index in [4.69, 9.17) is 4.42 Å². The monoisotopic (exact) mass is 381 g/mol. The Morgan fingerprint density at radius 2 is 2.04 bits per heavy atom. The summed E-state index contributed by atoms with van der Waals surface area (Å²) < 4.78 is 20.1. The number of nitrogens with zero attached hydrogens (tertiary/aromatic N) is 2. The number of fused-ring (bicyclic) bond motifs is 1. The van der Waals surface area contributed by atoms with Crippen LogP contribution in [0.2, 0.25) is 0 Å². The molecule has 1 fully saturated rings. The molecule has 28 heavy (non-hydrogen) atoms. The first-order valence-electron chi connectivity index (χ1n) is 9.56. The lowest BCUT2D eigenvalue weighted by Crippen LogP contribution is -2.48. The molecule has 0 bridgehead atoms. The van der Waals surface area contributed by atoms with Crippen LogP contribution < -0.4 is 5.32 Å². The van der Waals surface area contributed by atoms with Crippen molar-refractivity contribution in [2.75, 3.05) is 6.54 Å². The SMILES string of the molecule is CC(C)(C)NC(=O)N1CCCC1c1nc2cc(-c3ccccc3F)ccc2o1. The number of carbonyl (C=O) groups excluding carboxylic acids is 1. The van der Waals surface area contributed by atoms with Gasteiger partial charge < -0.3 is 14.6 Å². The smallest absolute Gasteiger partial charge is 0.318 e. The van der Waals surface area contributed by atoms with E-state index < -0.39 is 0 Å². The third kappa shape index (κ3) is 3.59. The number of nitrogens with one attached hydrogen (secondary N) is 1. The highest BCUT2D eigenvalue weighted by molar-refractivity contribution is 5.81. The lowest BCUT2D eigenvalue weighted by Gasteiger charge is -2.28. The van der Waals surface area contributed by atoms with Crippen molar-refractivity contribution in [1.82, 2.24) is 15.2 Å². The quantitative estimate of drug-likeness (QED) is 0.657. The minimum absolute atomic E-state index is 0.107. The Bertz CT molecular complexity index is 1020. The maximum atomic E-state index is 14.1. The van der Waals surface area contributed by atoms with Gasteiger partial charge in [-0.1, -0.05) is 24.3 Å². The fourth-order valence-electron chi connectivity index (χ4n) is 3.61. The normalized spacial score (nSPS) is 17.3. The number of benzene rings is 2. The molecule has 3 aromatic rings. The van der Waals surface area contributed by atoms with Crippen molar-refractivity contribution in [2.45, 2.75) is 45.2 Å². The minimum atomic E-state index is -0.305. The Balaban J connectivity index is 1.64. The topological polar surface area (TPSA) is 58.4 Å². The summed E-state index contributed by atoms with van der Waals surface area (Å²) >= 11 is 0. The molecule has 0 spiro atoms. The molecular weight excluding hydrogens is 357 g/mol. The van der Waals surface area contributed by atoms with Crippen LogP contribution >= 0.6 is 0 Å². The summed E-state index contributed by atoms with van der Waals surface area (Å²) in [5, 5.41) is 3.01. The summed E-state index contributed by atoms with van der Waals surface area (Å²) in [6, 6.07) is 11.8. The first-order chi connectivity index (χ1) is 13.3. The molecule has 0 radical (unpaired) electrons. The molecule has 2 amide bonds. The summed E-state index contributed by atoms with van der Waals surface area (Å²) in [6.45, 7) is 6.55. The zero-order valence-corrected chi connectivity index (χ0v) is 16.3. The lowest BCUT2D eigenvalue weighted by atomic mass is 10.0. The summed E-state index contributed by atoms with van der Waals surface area (Å²) in [6.07, 6.45) is 1.71.